The first-order valence-corrected chi connectivity index (χ1v) is 4.32. The van der Waals surface area contributed by atoms with E-state index in [2.05, 4.69) is 5.32 Å². The van der Waals surface area contributed by atoms with Gasteiger partial charge in [0.15, 0.2) is 0 Å². The lowest BCUT2D eigenvalue weighted by molar-refractivity contribution is -0.150. The van der Waals surface area contributed by atoms with E-state index in [4.69, 9.17) is 0 Å². The Morgan fingerprint density at radius 3 is 2.57 bits per heavy atom. The number of nitrogens with zero attached hydrogens (tertiary/aromatic N) is 1. The molecule has 1 N–H and O–H groups in total. The Bertz CT molecular complexity index is 258. The summed E-state index contributed by atoms with van der Waals surface area (Å²) in [4.78, 5) is 23.3. The third-order valence-corrected chi connectivity index (χ3v) is 2.30. The van der Waals surface area contributed by atoms with Gasteiger partial charge < -0.3 is 10.2 Å². The van der Waals surface area contributed by atoms with Gasteiger partial charge in [0.2, 0.25) is 11.8 Å². The second-order valence-corrected chi connectivity index (χ2v) is 3.27. The number of nitrogens with one attached hydrogen (secondary N) is 1. The quantitative estimate of drug-likeness (QED) is 0.690. The molecule has 2 unspecified atom stereocenters. The van der Waals surface area contributed by atoms with Crippen molar-refractivity contribution in [1.29, 1.82) is 0 Å². The molecule has 4 nitrogen and oxygen atoms in total. The molecular formula is C8H12F2N2O2. The molecule has 80 valence electrons. The average Bonchev–Trinajstić information content (AvgIpc) is 2.12. The van der Waals surface area contributed by atoms with E-state index in [-0.39, 0.29) is 6.54 Å². The van der Waals surface area contributed by atoms with E-state index in [9.17, 15) is 18.4 Å². The molecule has 1 aliphatic rings. The van der Waals surface area contributed by atoms with Crippen molar-refractivity contribution >= 4 is 11.8 Å². The highest BCUT2D eigenvalue weighted by atomic mass is 19.3. The molecule has 2 atom stereocenters. The lowest BCUT2D eigenvalue weighted by atomic mass is 10.1. The zero-order chi connectivity index (χ0) is 10.9. The van der Waals surface area contributed by atoms with E-state index in [0.29, 0.717) is 0 Å². The van der Waals surface area contributed by atoms with Crippen LogP contribution in [0.25, 0.3) is 0 Å². The summed E-state index contributed by atoms with van der Waals surface area (Å²) in [6.45, 7) is 2.48. The second-order valence-electron chi connectivity index (χ2n) is 3.27. The fraction of sp³-hybridized carbons (Fsp3) is 0.750. The van der Waals surface area contributed by atoms with Crippen LogP contribution >= 0.6 is 0 Å². The molecule has 0 aromatic rings. The lowest BCUT2D eigenvalue weighted by Crippen LogP contribution is -2.61. The van der Waals surface area contributed by atoms with E-state index in [1.54, 1.807) is 0 Å². The van der Waals surface area contributed by atoms with Gasteiger partial charge in [-0.1, -0.05) is 0 Å². The third-order valence-electron chi connectivity index (χ3n) is 2.30. The number of rotatable bonds is 2. The largest absolute Gasteiger partial charge is 0.345 e. The molecule has 1 heterocycles. The summed E-state index contributed by atoms with van der Waals surface area (Å²) in [6.07, 6.45) is -2.63. The number of carbonyl (C=O) groups excluding carboxylic acids is 2. The minimum absolute atomic E-state index is 0.194. The highest BCUT2D eigenvalue weighted by Gasteiger charge is 2.37. The summed E-state index contributed by atoms with van der Waals surface area (Å²) < 4.78 is 24.7. The summed E-state index contributed by atoms with van der Waals surface area (Å²) in [5.41, 5.74) is 0. The smallest absolute Gasteiger partial charge is 0.258 e. The Balaban J connectivity index is 2.82. The maximum atomic E-state index is 12.4. The molecule has 0 saturated carbocycles. The van der Waals surface area contributed by atoms with Crippen molar-refractivity contribution in [2.75, 3.05) is 6.54 Å². The molecule has 0 aliphatic carbocycles. The molecule has 6 heteroatoms. The summed E-state index contributed by atoms with van der Waals surface area (Å²) >= 11 is 0. The van der Waals surface area contributed by atoms with Crippen molar-refractivity contribution in [2.45, 2.75) is 32.4 Å². The van der Waals surface area contributed by atoms with E-state index in [1.165, 1.54) is 13.8 Å². The fourth-order valence-electron chi connectivity index (χ4n) is 1.45. The zero-order valence-electron chi connectivity index (χ0n) is 7.96. The van der Waals surface area contributed by atoms with Crippen LogP contribution in [0.5, 0.6) is 0 Å². The predicted molar refractivity (Wildman–Crippen MR) is 44.8 cm³/mol. The van der Waals surface area contributed by atoms with Crippen LogP contribution in [0.2, 0.25) is 0 Å². The van der Waals surface area contributed by atoms with Gasteiger partial charge in [-0.2, -0.15) is 0 Å². The number of amides is 2. The molecule has 0 aromatic carbocycles. The molecule has 1 aliphatic heterocycles. The average molecular weight is 206 g/mol. The Hall–Kier alpha value is -1.20. The number of alkyl halides is 2. The van der Waals surface area contributed by atoms with Gasteiger partial charge in [0.1, 0.15) is 6.04 Å². The SMILES string of the molecule is CC1C(=O)NCC(=O)N1C(C)C(F)F. The van der Waals surface area contributed by atoms with Crippen molar-refractivity contribution < 1.29 is 18.4 Å². The van der Waals surface area contributed by atoms with Crippen LogP contribution in [0, 0.1) is 0 Å². The van der Waals surface area contributed by atoms with E-state index in [1.807, 2.05) is 0 Å². The van der Waals surface area contributed by atoms with Crippen molar-refractivity contribution in [2.24, 2.45) is 0 Å². The summed E-state index contributed by atoms with van der Waals surface area (Å²) in [5, 5.41) is 2.33. The van der Waals surface area contributed by atoms with E-state index >= 15 is 0 Å². The molecule has 0 bridgehead atoms. The fourth-order valence-corrected chi connectivity index (χ4v) is 1.45. The molecule has 1 rings (SSSR count). The van der Waals surface area contributed by atoms with Crippen LogP contribution in [0.15, 0.2) is 0 Å². The zero-order valence-corrected chi connectivity index (χ0v) is 7.96. The van der Waals surface area contributed by atoms with Gasteiger partial charge in [-0.3, -0.25) is 9.59 Å². The van der Waals surface area contributed by atoms with Gasteiger partial charge in [-0.05, 0) is 13.8 Å². The summed E-state index contributed by atoms with van der Waals surface area (Å²) in [6, 6.07) is -2.04. The standard InChI is InChI=1S/C8H12F2N2O2/c1-4(7(9)10)12-5(2)8(14)11-3-6(12)13/h4-5,7H,3H2,1-2H3,(H,11,14). The van der Waals surface area contributed by atoms with Gasteiger partial charge in [-0.25, -0.2) is 8.78 Å². The van der Waals surface area contributed by atoms with Crippen molar-refractivity contribution in [3.8, 4) is 0 Å². The first-order valence-electron chi connectivity index (χ1n) is 4.32. The Kier molecular flexibility index (Phi) is 3.03. The molecule has 0 aromatic heterocycles. The van der Waals surface area contributed by atoms with Crippen molar-refractivity contribution in [3.63, 3.8) is 0 Å². The van der Waals surface area contributed by atoms with E-state index in [0.717, 1.165) is 4.90 Å². The highest BCUT2D eigenvalue weighted by molar-refractivity contribution is 5.94. The molecule has 0 radical (unpaired) electrons. The molecular weight excluding hydrogens is 194 g/mol. The van der Waals surface area contributed by atoms with E-state index < -0.39 is 30.3 Å². The summed E-state index contributed by atoms with van der Waals surface area (Å²) in [7, 11) is 0. The minimum atomic E-state index is -2.63. The van der Waals surface area contributed by atoms with Crippen LogP contribution in [0.4, 0.5) is 8.78 Å². The second kappa shape index (κ2) is 3.89. The molecule has 1 saturated heterocycles. The van der Waals surface area contributed by atoms with Crippen molar-refractivity contribution in [3.05, 3.63) is 0 Å². The molecule has 14 heavy (non-hydrogen) atoms. The minimum Gasteiger partial charge on any atom is -0.345 e. The highest BCUT2D eigenvalue weighted by Crippen LogP contribution is 2.15. The Morgan fingerprint density at radius 1 is 1.50 bits per heavy atom. The van der Waals surface area contributed by atoms with Gasteiger partial charge in [0.25, 0.3) is 6.43 Å². The van der Waals surface area contributed by atoms with Gasteiger partial charge >= 0.3 is 0 Å². The number of halogens is 2. The van der Waals surface area contributed by atoms with Gasteiger partial charge in [-0.15, -0.1) is 0 Å². The Labute approximate surface area is 80.3 Å². The van der Waals surface area contributed by atoms with Crippen LogP contribution in [0.1, 0.15) is 13.8 Å². The first kappa shape index (κ1) is 10.9. The third kappa shape index (κ3) is 1.83. The topological polar surface area (TPSA) is 49.4 Å². The maximum absolute atomic E-state index is 12.4. The normalized spacial score (nSPS) is 25.2. The van der Waals surface area contributed by atoms with Crippen molar-refractivity contribution in [1.82, 2.24) is 10.2 Å². The molecule has 2 amide bonds. The lowest BCUT2D eigenvalue weighted by Gasteiger charge is -2.36. The number of hydrogen-bond donors (Lipinski definition) is 1. The number of hydrogen-bond acceptors (Lipinski definition) is 2. The monoisotopic (exact) mass is 206 g/mol. The predicted octanol–water partition coefficient (Wildman–Crippen LogP) is -0.0131. The molecule has 0 spiro atoms. The maximum Gasteiger partial charge on any atom is 0.258 e. The van der Waals surface area contributed by atoms with Crippen LogP contribution in [0.3, 0.4) is 0 Å². The van der Waals surface area contributed by atoms with Crippen LogP contribution in [-0.2, 0) is 9.59 Å². The number of piperazine rings is 1. The van der Waals surface area contributed by atoms with Gasteiger partial charge in [0.05, 0.1) is 12.6 Å². The van der Waals surface area contributed by atoms with Crippen LogP contribution < -0.4 is 5.32 Å². The molecule has 1 fully saturated rings. The number of carbonyl (C=O) groups is 2. The van der Waals surface area contributed by atoms with Crippen LogP contribution in [-0.4, -0.2) is 41.8 Å². The summed E-state index contributed by atoms with van der Waals surface area (Å²) in [5.74, 6) is -0.859. The Morgan fingerprint density at radius 2 is 2.07 bits per heavy atom. The first-order chi connectivity index (χ1) is 6.45. The van der Waals surface area contributed by atoms with Gasteiger partial charge in [0, 0.05) is 0 Å².